The van der Waals surface area contributed by atoms with E-state index in [1.54, 1.807) is 25.6 Å². The van der Waals surface area contributed by atoms with Crippen LogP contribution in [0.3, 0.4) is 0 Å². The third-order valence-electron chi connectivity index (χ3n) is 6.37. The largest absolute Gasteiger partial charge is 0.495 e. The van der Waals surface area contributed by atoms with Crippen molar-refractivity contribution in [3.63, 3.8) is 0 Å². The number of hydrogen-bond acceptors (Lipinski definition) is 6. The maximum Gasteiger partial charge on any atom is 0.260 e. The summed E-state index contributed by atoms with van der Waals surface area (Å²) in [5.74, 6) is 1.37. The summed E-state index contributed by atoms with van der Waals surface area (Å²) in [5.41, 5.74) is 3.29. The molecule has 0 spiro atoms. The van der Waals surface area contributed by atoms with E-state index in [2.05, 4.69) is 23.1 Å². The van der Waals surface area contributed by atoms with Gasteiger partial charge in [0.25, 0.3) is 5.72 Å². The predicted octanol–water partition coefficient (Wildman–Crippen LogP) is 4.24. The minimum absolute atomic E-state index is 0.299. The minimum Gasteiger partial charge on any atom is -0.495 e. The summed E-state index contributed by atoms with van der Waals surface area (Å²) in [6.45, 7) is 4.45. The Balaban J connectivity index is 1.50. The number of ether oxygens (including phenoxy) is 1. The molecule has 2 aromatic carbocycles. The molecule has 0 aliphatic carbocycles. The number of hydrogen-bond donors (Lipinski definition) is 1. The first-order chi connectivity index (χ1) is 16.4. The zero-order valence-corrected chi connectivity index (χ0v) is 19.4. The number of methoxy groups -OCH3 is 1. The zero-order valence-electron chi connectivity index (χ0n) is 19.4. The van der Waals surface area contributed by atoms with E-state index in [1.165, 1.54) is 12.1 Å². The van der Waals surface area contributed by atoms with Crippen LogP contribution in [-0.2, 0) is 10.6 Å². The summed E-state index contributed by atoms with van der Waals surface area (Å²) in [4.78, 5) is 12.2. The van der Waals surface area contributed by atoms with Gasteiger partial charge in [-0.2, -0.15) is 0 Å². The summed E-state index contributed by atoms with van der Waals surface area (Å²) in [6, 6.07) is 12.0. The summed E-state index contributed by atoms with van der Waals surface area (Å²) in [7, 11) is 1.65. The van der Waals surface area contributed by atoms with Gasteiger partial charge in [0.05, 0.1) is 24.8 Å². The van der Waals surface area contributed by atoms with Crippen molar-refractivity contribution in [3.8, 4) is 11.4 Å². The van der Waals surface area contributed by atoms with E-state index in [1.807, 2.05) is 40.8 Å². The Bertz CT molecular complexity index is 1270. The topological polar surface area (TPSA) is 72.1 Å². The van der Waals surface area contributed by atoms with E-state index in [0.29, 0.717) is 23.9 Å². The molecule has 1 saturated heterocycles. The van der Waals surface area contributed by atoms with E-state index < -0.39 is 5.72 Å². The van der Waals surface area contributed by atoms with Gasteiger partial charge < -0.3 is 24.1 Å². The molecule has 3 heterocycles. The van der Waals surface area contributed by atoms with Gasteiger partial charge in [-0.15, -0.1) is 0 Å². The Hall–Kier alpha value is -3.65. The van der Waals surface area contributed by atoms with E-state index in [-0.39, 0.29) is 12.4 Å². The average molecular weight is 463 g/mol. The number of halogens is 1. The Labute approximate surface area is 197 Å². The van der Waals surface area contributed by atoms with Gasteiger partial charge in [-0.25, -0.2) is 9.37 Å². The molecule has 3 aromatic rings. The van der Waals surface area contributed by atoms with Crippen molar-refractivity contribution in [1.29, 1.82) is 0 Å². The molecular formula is C26H27FN4O3. The van der Waals surface area contributed by atoms with Crippen molar-refractivity contribution in [2.45, 2.75) is 26.0 Å². The first-order valence-electron chi connectivity index (χ1n) is 11.2. The van der Waals surface area contributed by atoms with Gasteiger partial charge in [0, 0.05) is 18.3 Å². The van der Waals surface area contributed by atoms with Crippen molar-refractivity contribution in [3.05, 3.63) is 83.2 Å². The van der Waals surface area contributed by atoms with Gasteiger partial charge in [-0.3, -0.25) is 0 Å². The van der Waals surface area contributed by atoms with E-state index in [4.69, 9.17) is 9.57 Å². The van der Waals surface area contributed by atoms with Crippen LogP contribution in [0, 0.1) is 18.7 Å². The van der Waals surface area contributed by atoms with Gasteiger partial charge in [-0.05, 0) is 72.9 Å². The number of rotatable bonds is 5. The summed E-state index contributed by atoms with van der Waals surface area (Å²) in [6.07, 6.45) is 6.61. The summed E-state index contributed by atoms with van der Waals surface area (Å²) >= 11 is 0. The molecule has 1 N–H and O–H groups in total. The third kappa shape index (κ3) is 3.74. The molecule has 1 aromatic heterocycles. The van der Waals surface area contributed by atoms with Crippen LogP contribution < -0.4 is 4.74 Å². The molecule has 2 aliphatic heterocycles. The molecule has 8 heteroatoms. The molecule has 1 fully saturated rings. The number of aromatic nitrogens is 2. The highest BCUT2D eigenvalue weighted by molar-refractivity contribution is 6.03. The van der Waals surface area contributed by atoms with Crippen LogP contribution >= 0.6 is 0 Å². The van der Waals surface area contributed by atoms with Gasteiger partial charge in [0.2, 0.25) is 0 Å². The van der Waals surface area contributed by atoms with Crippen molar-refractivity contribution in [2.24, 2.45) is 11.1 Å². The molecule has 0 radical (unpaired) electrons. The number of amidine groups is 1. The SMILES string of the molecule is COc1cc(/C=C2\CC(C)CN3C2=NOC3(CO)c2ccc(F)cc2)ccc1-n1cnc(C)c1. The molecule has 2 aliphatic rings. The zero-order chi connectivity index (χ0) is 23.9. The van der Waals surface area contributed by atoms with Crippen molar-refractivity contribution >= 4 is 11.9 Å². The van der Waals surface area contributed by atoms with Crippen LogP contribution in [0.15, 0.2) is 65.7 Å². The predicted molar refractivity (Wildman–Crippen MR) is 127 cm³/mol. The standard InChI is InChI=1S/C26H27FN4O3/c1-17-10-20(11-19-4-9-23(24(12-19)33-3)30-14-18(2)28-16-30)25-29-34-26(15-32,31(25)13-17)21-5-7-22(27)8-6-21/h4-9,11-12,14,16-17,32H,10,13,15H2,1-3H3/b20-11+. The van der Waals surface area contributed by atoms with Gasteiger partial charge in [-0.1, -0.05) is 18.1 Å². The fourth-order valence-corrected chi connectivity index (χ4v) is 4.70. The molecule has 0 amide bonds. The number of piperidine rings is 1. The first-order valence-corrected chi connectivity index (χ1v) is 11.2. The second kappa shape index (κ2) is 8.61. The lowest BCUT2D eigenvalue weighted by atomic mass is 9.89. The maximum atomic E-state index is 13.5. The van der Waals surface area contributed by atoms with Gasteiger partial charge in [0.1, 0.15) is 18.2 Å². The minimum atomic E-state index is -1.17. The molecular weight excluding hydrogens is 435 g/mol. The summed E-state index contributed by atoms with van der Waals surface area (Å²) in [5, 5.41) is 14.8. The van der Waals surface area contributed by atoms with E-state index in [9.17, 15) is 9.50 Å². The molecule has 0 saturated carbocycles. The van der Waals surface area contributed by atoms with Crippen LogP contribution in [0.25, 0.3) is 11.8 Å². The monoisotopic (exact) mass is 462 g/mol. The number of imidazole rings is 1. The number of aryl methyl sites for hydroxylation is 1. The number of aliphatic hydroxyl groups excluding tert-OH is 1. The van der Waals surface area contributed by atoms with Crippen LogP contribution in [0.5, 0.6) is 5.75 Å². The van der Waals surface area contributed by atoms with E-state index in [0.717, 1.165) is 34.7 Å². The van der Waals surface area contributed by atoms with Crippen molar-refractivity contribution in [1.82, 2.24) is 14.5 Å². The van der Waals surface area contributed by atoms with Crippen molar-refractivity contribution < 1.29 is 19.1 Å². The second-order valence-electron chi connectivity index (χ2n) is 8.90. The van der Waals surface area contributed by atoms with Crippen LogP contribution in [-0.4, -0.2) is 45.7 Å². The maximum absolute atomic E-state index is 13.5. The molecule has 2 atom stereocenters. The fourth-order valence-electron chi connectivity index (χ4n) is 4.70. The van der Waals surface area contributed by atoms with Gasteiger partial charge >= 0.3 is 0 Å². The normalized spacial score (nSPS) is 23.0. The first kappa shape index (κ1) is 22.2. The quantitative estimate of drug-likeness (QED) is 0.614. The lowest BCUT2D eigenvalue weighted by Crippen LogP contribution is -2.52. The van der Waals surface area contributed by atoms with Crippen molar-refractivity contribution in [2.75, 3.05) is 20.3 Å². The Morgan fingerprint density at radius 3 is 2.74 bits per heavy atom. The average Bonchev–Trinajstić information content (AvgIpc) is 3.43. The summed E-state index contributed by atoms with van der Waals surface area (Å²) < 4.78 is 21.1. The number of oxime groups is 1. The Kier molecular flexibility index (Phi) is 5.61. The Morgan fingerprint density at radius 1 is 1.26 bits per heavy atom. The smallest absolute Gasteiger partial charge is 0.260 e. The fraction of sp³-hybridized carbons (Fsp3) is 0.308. The number of nitrogens with zero attached hydrogens (tertiary/aromatic N) is 4. The lowest BCUT2D eigenvalue weighted by Gasteiger charge is -2.41. The Morgan fingerprint density at radius 2 is 2.06 bits per heavy atom. The molecule has 2 unspecified atom stereocenters. The molecule has 7 nitrogen and oxygen atoms in total. The van der Waals surface area contributed by atoms with Crippen LogP contribution in [0.2, 0.25) is 0 Å². The third-order valence-corrected chi connectivity index (χ3v) is 6.37. The highest BCUT2D eigenvalue weighted by Gasteiger charge is 2.50. The molecule has 0 bridgehead atoms. The highest BCUT2D eigenvalue weighted by atomic mass is 19.1. The van der Waals surface area contributed by atoms with Crippen LogP contribution in [0.4, 0.5) is 4.39 Å². The van der Waals surface area contributed by atoms with Crippen LogP contribution in [0.1, 0.15) is 30.2 Å². The number of benzene rings is 2. The van der Waals surface area contributed by atoms with Gasteiger partial charge in [0.15, 0.2) is 5.84 Å². The number of aliphatic hydroxyl groups is 1. The highest BCUT2D eigenvalue weighted by Crippen LogP contribution is 2.41. The lowest BCUT2D eigenvalue weighted by molar-refractivity contribution is -0.140. The van der Waals surface area contributed by atoms with E-state index >= 15 is 0 Å². The molecule has 34 heavy (non-hydrogen) atoms. The molecule has 176 valence electrons. The second-order valence-corrected chi connectivity index (χ2v) is 8.90. The number of fused-ring (bicyclic) bond motifs is 1. The molecule has 5 rings (SSSR count).